The second-order valence-corrected chi connectivity index (χ2v) is 9.02. The minimum absolute atomic E-state index is 0.0395. The maximum atomic E-state index is 12.8. The first-order valence-electron chi connectivity index (χ1n) is 11.9. The van der Waals surface area contributed by atoms with Crippen LogP contribution in [0.15, 0.2) is 0 Å². The Morgan fingerprint density at radius 3 is 1.91 bits per heavy atom. The maximum Gasteiger partial charge on any atom is 0.242 e. The van der Waals surface area contributed by atoms with Crippen LogP contribution >= 0.6 is 0 Å². The average molecular weight is 459 g/mol. The molecule has 0 fully saturated rings. The van der Waals surface area contributed by atoms with Crippen LogP contribution in [0.5, 0.6) is 0 Å². The number of rotatable bonds is 13. The topological polar surface area (TPSA) is 99.8 Å². The molecule has 0 aliphatic heterocycles. The summed E-state index contributed by atoms with van der Waals surface area (Å²) in [7, 11) is 4.99. The van der Waals surface area contributed by atoms with Gasteiger partial charge in [0.2, 0.25) is 17.7 Å². The number of methoxy groups -OCH3 is 1. The minimum atomic E-state index is -0.436. The van der Waals surface area contributed by atoms with E-state index in [9.17, 15) is 14.4 Å². The number of carbonyl (C=O) groups excluding carboxylic acids is 3. The first kappa shape index (κ1) is 32.5. The lowest BCUT2D eigenvalue weighted by Crippen LogP contribution is -2.54. The Hall–Kier alpha value is -1.67. The average Bonchev–Trinajstić information content (AvgIpc) is 2.71. The molecule has 0 aromatic carbocycles. The molecule has 0 aliphatic rings. The third-order valence-electron chi connectivity index (χ3n) is 5.26. The molecule has 3 amide bonds. The molecule has 0 spiro atoms. The van der Waals surface area contributed by atoms with Crippen molar-refractivity contribution in [2.45, 2.75) is 98.9 Å². The SMILES string of the molecule is CCC.CCC(C)C(C(CC(=O)NC(C)C)OC)N(C)C(=O)CNC(=O)C(NC)C(C)C. The molecule has 0 aliphatic carbocycles. The van der Waals surface area contributed by atoms with Gasteiger partial charge < -0.3 is 25.6 Å². The molecule has 4 atom stereocenters. The van der Waals surface area contributed by atoms with Crippen molar-refractivity contribution >= 4 is 17.7 Å². The fourth-order valence-corrected chi connectivity index (χ4v) is 3.48. The van der Waals surface area contributed by atoms with Gasteiger partial charge in [-0.15, -0.1) is 0 Å². The number of hydrogen-bond acceptors (Lipinski definition) is 5. The van der Waals surface area contributed by atoms with Crippen LogP contribution < -0.4 is 16.0 Å². The van der Waals surface area contributed by atoms with Crippen LogP contribution in [-0.2, 0) is 19.1 Å². The van der Waals surface area contributed by atoms with Crippen LogP contribution in [0.25, 0.3) is 0 Å². The predicted molar refractivity (Wildman–Crippen MR) is 131 cm³/mol. The molecule has 0 radical (unpaired) electrons. The summed E-state index contributed by atoms with van der Waals surface area (Å²) in [4.78, 5) is 39.0. The number of hydrogen-bond donors (Lipinski definition) is 3. The van der Waals surface area contributed by atoms with E-state index < -0.39 is 6.10 Å². The third kappa shape index (κ3) is 12.4. The summed E-state index contributed by atoms with van der Waals surface area (Å²) in [6.07, 6.45) is 1.81. The lowest BCUT2D eigenvalue weighted by atomic mass is 9.91. The molecule has 32 heavy (non-hydrogen) atoms. The summed E-state index contributed by atoms with van der Waals surface area (Å²) < 4.78 is 5.62. The zero-order valence-electron chi connectivity index (χ0n) is 22.4. The van der Waals surface area contributed by atoms with Crippen LogP contribution in [0.1, 0.15) is 74.7 Å². The first-order chi connectivity index (χ1) is 14.9. The van der Waals surface area contributed by atoms with Gasteiger partial charge in [-0.3, -0.25) is 14.4 Å². The second-order valence-electron chi connectivity index (χ2n) is 9.02. The first-order valence-corrected chi connectivity index (χ1v) is 11.9. The van der Waals surface area contributed by atoms with E-state index in [0.717, 1.165) is 6.42 Å². The fourth-order valence-electron chi connectivity index (χ4n) is 3.48. The molecule has 8 nitrogen and oxygen atoms in total. The Kier molecular flexibility index (Phi) is 18.1. The highest BCUT2D eigenvalue weighted by Crippen LogP contribution is 2.21. The molecule has 0 saturated heterocycles. The number of nitrogens with zero attached hydrogens (tertiary/aromatic N) is 1. The van der Waals surface area contributed by atoms with Crippen LogP contribution in [0.3, 0.4) is 0 Å². The van der Waals surface area contributed by atoms with E-state index in [1.54, 1.807) is 26.1 Å². The molecule has 0 saturated carbocycles. The van der Waals surface area contributed by atoms with Crippen molar-refractivity contribution in [1.29, 1.82) is 0 Å². The normalized spacial score (nSPS) is 14.7. The quantitative estimate of drug-likeness (QED) is 0.394. The van der Waals surface area contributed by atoms with Crippen molar-refractivity contribution in [3.63, 3.8) is 0 Å². The molecule has 3 N–H and O–H groups in total. The highest BCUT2D eigenvalue weighted by atomic mass is 16.5. The molecule has 8 heteroatoms. The Morgan fingerprint density at radius 1 is 1.00 bits per heavy atom. The minimum Gasteiger partial charge on any atom is -0.379 e. The molecule has 0 heterocycles. The molecule has 0 rings (SSSR count). The van der Waals surface area contributed by atoms with Crippen LogP contribution in [-0.4, -0.2) is 74.6 Å². The number of carbonyl (C=O) groups is 3. The summed E-state index contributed by atoms with van der Waals surface area (Å²) in [5, 5.41) is 8.56. The van der Waals surface area contributed by atoms with Gasteiger partial charge in [0.1, 0.15) is 0 Å². The van der Waals surface area contributed by atoms with E-state index in [0.29, 0.717) is 0 Å². The standard InChI is InChI=1S/C21H42N4O4.C3H8/c1-10-15(6)20(16(29-9)11-17(26)24-14(4)5)25(8)18(27)12-23-21(28)19(22-7)13(2)3;1-3-2/h13-16,19-20,22H,10-12H2,1-9H3,(H,23,28)(H,24,26);3H2,1-2H3. The van der Waals surface area contributed by atoms with Gasteiger partial charge in [0.25, 0.3) is 0 Å². The zero-order valence-corrected chi connectivity index (χ0v) is 22.4. The Morgan fingerprint density at radius 2 is 1.53 bits per heavy atom. The van der Waals surface area contributed by atoms with E-state index in [-0.39, 0.29) is 60.6 Å². The smallest absolute Gasteiger partial charge is 0.242 e. The van der Waals surface area contributed by atoms with Crippen molar-refractivity contribution in [1.82, 2.24) is 20.9 Å². The third-order valence-corrected chi connectivity index (χ3v) is 5.26. The number of nitrogens with one attached hydrogen (secondary N) is 3. The Balaban J connectivity index is 0. The molecule has 0 aromatic rings. The van der Waals surface area contributed by atoms with Crippen LogP contribution in [0, 0.1) is 11.8 Å². The number of ether oxygens (including phenoxy) is 1. The lowest BCUT2D eigenvalue weighted by Gasteiger charge is -2.37. The van der Waals surface area contributed by atoms with E-state index in [1.165, 1.54) is 6.42 Å². The van der Waals surface area contributed by atoms with Gasteiger partial charge >= 0.3 is 0 Å². The largest absolute Gasteiger partial charge is 0.379 e. The summed E-state index contributed by atoms with van der Waals surface area (Å²) in [5.41, 5.74) is 0. The summed E-state index contributed by atoms with van der Waals surface area (Å²) >= 11 is 0. The van der Waals surface area contributed by atoms with Crippen LogP contribution in [0.4, 0.5) is 0 Å². The highest BCUT2D eigenvalue weighted by molar-refractivity contribution is 5.87. The van der Waals surface area contributed by atoms with Gasteiger partial charge in [-0.1, -0.05) is 54.4 Å². The van der Waals surface area contributed by atoms with Crippen molar-refractivity contribution in [3.8, 4) is 0 Å². The monoisotopic (exact) mass is 458 g/mol. The number of amides is 3. The zero-order chi connectivity index (χ0) is 25.4. The van der Waals surface area contributed by atoms with E-state index in [2.05, 4.69) is 29.8 Å². The molecule has 190 valence electrons. The van der Waals surface area contributed by atoms with Gasteiger partial charge in [0.05, 0.1) is 31.2 Å². The summed E-state index contributed by atoms with van der Waals surface area (Å²) in [6.45, 7) is 15.9. The Bertz CT molecular complexity index is 540. The van der Waals surface area contributed by atoms with Crippen molar-refractivity contribution < 1.29 is 19.1 Å². The van der Waals surface area contributed by atoms with Gasteiger partial charge in [-0.2, -0.15) is 0 Å². The van der Waals surface area contributed by atoms with Crippen LogP contribution in [0.2, 0.25) is 0 Å². The van der Waals surface area contributed by atoms with Crippen molar-refractivity contribution in [2.75, 3.05) is 27.7 Å². The number of likely N-dealkylation sites (N-methyl/N-ethyl adjacent to an activating group) is 2. The molecule has 4 unspecified atom stereocenters. The van der Waals surface area contributed by atoms with Crippen molar-refractivity contribution in [2.24, 2.45) is 11.8 Å². The fraction of sp³-hybridized carbons (Fsp3) is 0.875. The Labute approximate surface area is 196 Å². The van der Waals surface area contributed by atoms with Gasteiger partial charge in [-0.25, -0.2) is 0 Å². The maximum absolute atomic E-state index is 12.8. The van der Waals surface area contributed by atoms with Gasteiger partial charge in [0, 0.05) is 20.2 Å². The molecule has 0 bridgehead atoms. The van der Waals surface area contributed by atoms with Gasteiger partial charge in [0.15, 0.2) is 0 Å². The van der Waals surface area contributed by atoms with Gasteiger partial charge in [-0.05, 0) is 32.7 Å². The van der Waals surface area contributed by atoms with Crippen molar-refractivity contribution in [3.05, 3.63) is 0 Å². The van der Waals surface area contributed by atoms with E-state index in [4.69, 9.17) is 4.74 Å². The molecular formula is C24H50N4O4. The summed E-state index contributed by atoms with van der Waals surface area (Å²) in [5.74, 6) is -0.296. The molecule has 0 aromatic heterocycles. The highest BCUT2D eigenvalue weighted by Gasteiger charge is 2.34. The summed E-state index contributed by atoms with van der Waals surface area (Å²) in [6, 6.07) is -0.597. The molecular weight excluding hydrogens is 408 g/mol. The van der Waals surface area contributed by atoms with E-state index >= 15 is 0 Å². The lowest BCUT2D eigenvalue weighted by molar-refractivity contribution is -0.139. The predicted octanol–water partition coefficient (Wildman–Crippen LogP) is 2.57. The van der Waals surface area contributed by atoms with E-state index in [1.807, 2.05) is 41.5 Å². The second kappa shape index (κ2) is 17.8.